The van der Waals surface area contributed by atoms with E-state index < -0.39 is 5.60 Å². The highest BCUT2D eigenvalue weighted by molar-refractivity contribution is 5.88. The van der Waals surface area contributed by atoms with Crippen LogP contribution in [0.1, 0.15) is 43.9 Å². The summed E-state index contributed by atoms with van der Waals surface area (Å²) in [6, 6.07) is 1.99. The molecular weight excluding hydrogens is 280 g/mol. The molecule has 0 radical (unpaired) electrons. The molecule has 4 nitrogen and oxygen atoms in total. The van der Waals surface area contributed by atoms with E-state index in [0.29, 0.717) is 6.61 Å². The van der Waals surface area contributed by atoms with Crippen LogP contribution in [0.5, 0.6) is 11.5 Å². The van der Waals surface area contributed by atoms with Crippen LogP contribution in [0.4, 0.5) is 0 Å². The molecule has 2 aliphatic heterocycles. The van der Waals surface area contributed by atoms with Gasteiger partial charge in [0.1, 0.15) is 17.1 Å². The average Bonchev–Trinajstić information content (AvgIpc) is 2.89. The molecule has 0 aromatic heterocycles. The van der Waals surface area contributed by atoms with Gasteiger partial charge in [0.2, 0.25) is 0 Å². The SMILES string of the molecule is CC(C)(C)OC(=O)/C=C/c1c2c(cc3c1CCO3)OCCC2. The zero-order valence-electron chi connectivity index (χ0n) is 13.4. The molecule has 2 aliphatic rings. The Kier molecular flexibility index (Phi) is 3.85. The van der Waals surface area contributed by atoms with Gasteiger partial charge < -0.3 is 14.2 Å². The molecule has 0 saturated carbocycles. The van der Waals surface area contributed by atoms with Crippen molar-refractivity contribution in [1.29, 1.82) is 0 Å². The average molecular weight is 302 g/mol. The summed E-state index contributed by atoms with van der Waals surface area (Å²) in [7, 11) is 0. The van der Waals surface area contributed by atoms with E-state index in [4.69, 9.17) is 14.2 Å². The van der Waals surface area contributed by atoms with Gasteiger partial charge in [0.05, 0.1) is 13.2 Å². The van der Waals surface area contributed by atoms with E-state index in [1.54, 1.807) is 0 Å². The third kappa shape index (κ3) is 3.11. The molecule has 0 amide bonds. The molecule has 3 rings (SSSR count). The van der Waals surface area contributed by atoms with E-state index in [1.165, 1.54) is 17.2 Å². The van der Waals surface area contributed by atoms with Gasteiger partial charge in [-0.1, -0.05) is 0 Å². The van der Waals surface area contributed by atoms with E-state index in [0.717, 1.165) is 42.9 Å². The summed E-state index contributed by atoms with van der Waals surface area (Å²) in [5.74, 6) is 1.44. The van der Waals surface area contributed by atoms with E-state index in [1.807, 2.05) is 32.9 Å². The molecule has 0 bridgehead atoms. The molecule has 0 N–H and O–H groups in total. The Morgan fingerprint density at radius 1 is 1.14 bits per heavy atom. The van der Waals surface area contributed by atoms with Crippen molar-refractivity contribution in [3.63, 3.8) is 0 Å². The minimum Gasteiger partial charge on any atom is -0.493 e. The van der Waals surface area contributed by atoms with E-state index in [-0.39, 0.29) is 5.97 Å². The summed E-state index contributed by atoms with van der Waals surface area (Å²) in [4.78, 5) is 11.9. The van der Waals surface area contributed by atoms with Gasteiger partial charge in [-0.25, -0.2) is 4.79 Å². The minimum absolute atomic E-state index is 0.325. The molecule has 0 unspecified atom stereocenters. The quantitative estimate of drug-likeness (QED) is 0.621. The van der Waals surface area contributed by atoms with Crippen molar-refractivity contribution >= 4 is 12.0 Å². The molecule has 0 saturated heterocycles. The molecule has 4 heteroatoms. The zero-order valence-corrected chi connectivity index (χ0v) is 13.4. The number of hydrogen-bond acceptors (Lipinski definition) is 4. The monoisotopic (exact) mass is 302 g/mol. The topological polar surface area (TPSA) is 44.8 Å². The molecule has 22 heavy (non-hydrogen) atoms. The van der Waals surface area contributed by atoms with Crippen molar-refractivity contribution in [2.75, 3.05) is 13.2 Å². The Morgan fingerprint density at radius 3 is 2.55 bits per heavy atom. The lowest BCUT2D eigenvalue weighted by Crippen LogP contribution is -2.22. The van der Waals surface area contributed by atoms with Gasteiger partial charge in [-0.3, -0.25) is 0 Å². The van der Waals surface area contributed by atoms with Gasteiger partial charge in [0.25, 0.3) is 0 Å². The molecule has 0 atom stereocenters. The number of rotatable bonds is 2. The lowest BCUT2D eigenvalue weighted by molar-refractivity contribution is -0.148. The summed E-state index contributed by atoms with van der Waals surface area (Å²) < 4.78 is 16.7. The Labute approximate surface area is 131 Å². The Balaban J connectivity index is 1.93. The molecular formula is C18H22O4. The fraction of sp³-hybridized carbons (Fsp3) is 0.500. The molecule has 2 heterocycles. The molecule has 0 fully saturated rings. The highest BCUT2D eigenvalue weighted by Crippen LogP contribution is 2.40. The summed E-state index contributed by atoms with van der Waals surface area (Å²) in [6.45, 7) is 7.01. The van der Waals surface area contributed by atoms with Crippen LogP contribution in [0, 0.1) is 0 Å². The van der Waals surface area contributed by atoms with E-state index in [2.05, 4.69) is 0 Å². The predicted octanol–water partition coefficient (Wildman–Crippen LogP) is 3.30. The van der Waals surface area contributed by atoms with Crippen LogP contribution in [0.15, 0.2) is 12.1 Å². The van der Waals surface area contributed by atoms with Crippen molar-refractivity contribution < 1.29 is 19.0 Å². The maximum atomic E-state index is 11.9. The number of benzene rings is 1. The number of esters is 1. The number of carbonyl (C=O) groups excluding carboxylic acids is 1. The second-order valence-electron chi connectivity index (χ2n) is 6.66. The van der Waals surface area contributed by atoms with Crippen LogP contribution >= 0.6 is 0 Å². The molecule has 0 spiro atoms. The zero-order chi connectivity index (χ0) is 15.7. The maximum absolute atomic E-state index is 11.9. The lowest BCUT2D eigenvalue weighted by atomic mass is 9.93. The summed E-state index contributed by atoms with van der Waals surface area (Å²) in [5.41, 5.74) is 2.93. The fourth-order valence-electron chi connectivity index (χ4n) is 2.90. The third-order valence-corrected chi connectivity index (χ3v) is 3.74. The fourth-order valence-corrected chi connectivity index (χ4v) is 2.90. The number of fused-ring (bicyclic) bond motifs is 2. The summed E-state index contributed by atoms with van der Waals surface area (Å²) in [5, 5.41) is 0. The molecule has 0 aliphatic carbocycles. The second-order valence-corrected chi connectivity index (χ2v) is 6.66. The lowest BCUT2D eigenvalue weighted by Gasteiger charge is -2.21. The first kappa shape index (κ1) is 14.9. The van der Waals surface area contributed by atoms with Gasteiger partial charge in [-0.15, -0.1) is 0 Å². The number of hydrogen-bond donors (Lipinski definition) is 0. The van der Waals surface area contributed by atoms with E-state index >= 15 is 0 Å². The highest BCUT2D eigenvalue weighted by Gasteiger charge is 2.24. The molecule has 118 valence electrons. The van der Waals surface area contributed by atoms with Crippen molar-refractivity contribution in [1.82, 2.24) is 0 Å². The second kappa shape index (κ2) is 5.67. The van der Waals surface area contributed by atoms with Gasteiger partial charge in [0, 0.05) is 29.7 Å². The first-order valence-electron chi connectivity index (χ1n) is 7.79. The number of ether oxygens (including phenoxy) is 3. The van der Waals surface area contributed by atoms with Crippen LogP contribution in [0.3, 0.4) is 0 Å². The first-order chi connectivity index (χ1) is 10.4. The van der Waals surface area contributed by atoms with Crippen molar-refractivity contribution in [3.8, 4) is 11.5 Å². The maximum Gasteiger partial charge on any atom is 0.331 e. The van der Waals surface area contributed by atoms with Crippen LogP contribution in [0.2, 0.25) is 0 Å². The van der Waals surface area contributed by atoms with Crippen LogP contribution in [-0.2, 0) is 22.4 Å². The first-order valence-corrected chi connectivity index (χ1v) is 7.79. The van der Waals surface area contributed by atoms with Crippen LogP contribution in [-0.4, -0.2) is 24.8 Å². The Hall–Kier alpha value is -1.97. The van der Waals surface area contributed by atoms with Gasteiger partial charge in [-0.05, 0) is 45.3 Å². The highest BCUT2D eigenvalue weighted by atomic mass is 16.6. The molecule has 1 aromatic rings. The third-order valence-electron chi connectivity index (χ3n) is 3.74. The molecule has 1 aromatic carbocycles. The predicted molar refractivity (Wildman–Crippen MR) is 84.3 cm³/mol. The Morgan fingerprint density at radius 2 is 1.82 bits per heavy atom. The van der Waals surface area contributed by atoms with Gasteiger partial charge in [-0.2, -0.15) is 0 Å². The van der Waals surface area contributed by atoms with Crippen molar-refractivity contribution in [3.05, 3.63) is 28.8 Å². The van der Waals surface area contributed by atoms with E-state index in [9.17, 15) is 4.79 Å². The van der Waals surface area contributed by atoms with Crippen molar-refractivity contribution in [2.24, 2.45) is 0 Å². The Bertz CT molecular complexity index is 623. The largest absolute Gasteiger partial charge is 0.493 e. The summed E-state index contributed by atoms with van der Waals surface area (Å²) >= 11 is 0. The standard InChI is InChI=1S/C18H22O4/c1-18(2,3)22-17(19)7-6-12-13-5-4-9-20-15(13)11-16-14(12)8-10-21-16/h6-7,11H,4-5,8-10H2,1-3H3/b7-6+. The van der Waals surface area contributed by atoms with Crippen molar-refractivity contribution in [2.45, 2.75) is 45.6 Å². The minimum atomic E-state index is -0.480. The smallest absolute Gasteiger partial charge is 0.331 e. The number of carbonyl (C=O) groups is 1. The van der Waals surface area contributed by atoms with Crippen LogP contribution in [0.25, 0.3) is 6.08 Å². The normalized spacial score (nSPS) is 16.7. The van der Waals surface area contributed by atoms with Crippen LogP contribution < -0.4 is 9.47 Å². The summed E-state index contributed by atoms with van der Waals surface area (Å²) in [6.07, 6.45) is 6.20. The van der Waals surface area contributed by atoms with Gasteiger partial charge >= 0.3 is 5.97 Å². The van der Waals surface area contributed by atoms with Gasteiger partial charge in [0.15, 0.2) is 0 Å².